The van der Waals surface area contributed by atoms with Gasteiger partial charge in [0.1, 0.15) is 12.6 Å². The topological polar surface area (TPSA) is 87.9 Å². The van der Waals surface area contributed by atoms with Gasteiger partial charge in [-0.3, -0.25) is 14.5 Å². The van der Waals surface area contributed by atoms with Gasteiger partial charge in [0.05, 0.1) is 6.61 Å². The lowest BCUT2D eigenvalue weighted by atomic mass is 9.85. The Bertz CT molecular complexity index is 758. The van der Waals surface area contributed by atoms with Crippen molar-refractivity contribution in [2.75, 3.05) is 49.6 Å². The van der Waals surface area contributed by atoms with E-state index in [1.54, 1.807) is 6.07 Å². The smallest absolute Gasteiger partial charge is 0.265 e. The Kier molecular flexibility index (Phi) is 7.74. The van der Waals surface area contributed by atoms with Crippen molar-refractivity contribution in [1.29, 1.82) is 0 Å². The molecule has 166 valence electrons. The normalized spacial score (nSPS) is 18.6. The van der Waals surface area contributed by atoms with Crippen molar-refractivity contribution in [3.05, 3.63) is 23.8 Å². The second-order valence-corrected chi connectivity index (χ2v) is 7.80. The average Bonchev–Trinajstić information content (AvgIpc) is 2.70. The third-order valence-electron chi connectivity index (χ3n) is 5.92. The minimum Gasteiger partial charge on any atom is -0.370 e. The summed E-state index contributed by atoms with van der Waals surface area (Å²) in [6, 6.07) is 3.66. The van der Waals surface area contributed by atoms with Gasteiger partial charge in [0.2, 0.25) is 5.91 Å². The van der Waals surface area contributed by atoms with Crippen molar-refractivity contribution in [3.8, 4) is 0 Å². The Morgan fingerprint density at radius 1 is 1.40 bits per heavy atom. The van der Waals surface area contributed by atoms with E-state index in [1.165, 1.54) is 23.5 Å². The van der Waals surface area contributed by atoms with Crippen LogP contribution in [-0.4, -0.2) is 62.1 Å². The zero-order chi connectivity index (χ0) is 21.7. The number of likely N-dealkylation sites (N-methyl/N-ethyl adjacent to an activating group) is 1. The van der Waals surface area contributed by atoms with Crippen LogP contribution in [-0.2, 0) is 14.3 Å². The third kappa shape index (κ3) is 5.14. The number of carbonyl (C=O) groups is 2. The zero-order valence-corrected chi connectivity index (χ0v) is 17.3. The maximum absolute atomic E-state index is 13.7. The number of nitrogens with two attached hydrogens (primary N) is 1. The molecule has 1 atom stereocenters. The Morgan fingerprint density at radius 3 is 2.73 bits per heavy atom. The van der Waals surface area contributed by atoms with Gasteiger partial charge in [-0.2, -0.15) is 0 Å². The van der Waals surface area contributed by atoms with Crippen molar-refractivity contribution in [3.63, 3.8) is 0 Å². The summed E-state index contributed by atoms with van der Waals surface area (Å²) in [5.41, 5.74) is 5.95. The fourth-order valence-electron chi connectivity index (χ4n) is 3.93. The Hall–Kier alpha value is -2.10. The second-order valence-electron chi connectivity index (χ2n) is 7.80. The summed E-state index contributed by atoms with van der Waals surface area (Å²) in [4.78, 5) is 28.3. The molecule has 3 N–H and O–H groups in total. The molecule has 30 heavy (non-hydrogen) atoms. The molecule has 0 spiro atoms. The summed E-state index contributed by atoms with van der Waals surface area (Å²) in [7, 11) is 0. The summed E-state index contributed by atoms with van der Waals surface area (Å²) < 4.78 is 32.6. The number of nitrogens with one attached hydrogen (secondary N) is 1. The van der Waals surface area contributed by atoms with E-state index in [0.717, 1.165) is 19.4 Å². The molecule has 1 saturated carbocycles. The fourth-order valence-corrected chi connectivity index (χ4v) is 3.93. The van der Waals surface area contributed by atoms with Gasteiger partial charge >= 0.3 is 0 Å². The summed E-state index contributed by atoms with van der Waals surface area (Å²) in [6.07, 6.45) is 0.696. The first kappa shape index (κ1) is 22.6. The molecule has 7 nitrogen and oxygen atoms in total. The van der Waals surface area contributed by atoms with Crippen LogP contribution in [0, 0.1) is 5.92 Å². The minimum absolute atomic E-state index is 0.0394. The van der Waals surface area contributed by atoms with Gasteiger partial charge in [-0.1, -0.05) is 13.3 Å². The van der Waals surface area contributed by atoms with E-state index in [0.29, 0.717) is 31.3 Å². The van der Waals surface area contributed by atoms with Gasteiger partial charge in [-0.05, 0) is 43.5 Å². The van der Waals surface area contributed by atoms with E-state index in [2.05, 4.69) is 5.32 Å². The van der Waals surface area contributed by atoms with Crippen molar-refractivity contribution in [2.45, 2.75) is 38.7 Å². The van der Waals surface area contributed by atoms with Crippen LogP contribution < -0.4 is 16.0 Å². The number of rotatable bonds is 9. The highest BCUT2D eigenvalue weighted by Gasteiger charge is 2.29. The monoisotopic (exact) mass is 424 g/mol. The van der Waals surface area contributed by atoms with Gasteiger partial charge < -0.3 is 20.7 Å². The number of ether oxygens (including phenoxy) is 1. The number of nitrogens with zero attached hydrogens (tertiary/aromatic N) is 2. The first-order valence-corrected chi connectivity index (χ1v) is 10.5. The first-order chi connectivity index (χ1) is 14.4. The summed E-state index contributed by atoms with van der Waals surface area (Å²) >= 11 is 0. The number of morpholine rings is 1. The van der Waals surface area contributed by atoms with E-state index >= 15 is 0 Å². The molecular formula is C21H30F2N4O3. The van der Waals surface area contributed by atoms with Crippen LogP contribution in [0.15, 0.2) is 18.2 Å². The largest absolute Gasteiger partial charge is 0.370 e. The molecule has 2 fully saturated rings. The van der Waals surface area contributed by atoms with Gasteiger partial charge in [0, 0.05) is 36.6 Å². The van der Waals surface area contributed by atoms with E-state index in [-0.39, 0.29) is 30.3 Å². The predicted octanol–water partition coefficient (Wildman–Crippen LogP) is 2.38. The number of alkyl halides is 2. The molecule has 2 aliphatic rings. The molecule has 0 radical (unpaired) electrons. The Morgan fingerprint density at radius 2 is 2.17 bits per heavy atom. The fraction of sp³-hybridized carbons (Fsp3) is 0.619. The molecule has 1 aromatic rings. The standard InChI is InChI=1S/C21H30F2N4O3/c1-2-26(12-14-4-3-5-14)18(11-24)21(29)25-17-7-6-15(10-16(17)20(22)23)27-8-9-30-13-19(27)28/h6-7,10,14,18,20H,2-5,8-9,11-13,24H2,1H3,(H,25,29)/t18-/m1/s1. The molecular weight excluding hydrogens is 394 g/mol. The predicted molar refractivity (Wildman–Crippen MR) is 111 cm³/mol. The number of anilines is 2. The molecule has 3 rings (SSSR count). The van der Waals surface area contributed by atoms with E-state index < -0.39 is 18.4 Å². The molecule has 2 amide bonds. The highest BCUT2D eigenvalue weighted by Crippen LogP contribution is 2.32. The molecule has 0 bridgehead atoms. The maximum Gasteiger partial charge on any atom is 0.265 e. The number of amides is 2. The van der Waals surface area contributed by atoms with Gasteiger partial charge in [-0.25, -0.2) is 8.78 Å². The van der Waals surface area contributed by atoms with Gasteiger partial charge in [-0.15, -0.1) is 0 Å². The van der Waals surface area contributed by atoms with Crippen LogP contribution >= 0.6 is 0 Å². The van der Waals surface area contributed by atoms with Crippen molar-refractivity contribution in [2.24, 2.45) is 11.7 Å². The molecule has 1 aliphatic heterocycles. The highest BCUT2D eigenvalue weighted by atomic mass is 19.3. The summed E-state index contributed by atoms with van der Waals surface area (Å²) in [6.45, 7) is 4.09. The molecule has 0 aromatic heterocycles. The minimum atomic E-state index is -2.80. The molecule has 1 aromatic carbocycles. The lowest BCUT2D eigenvalue weighted by molar-refractivity contribution is -0.125. The first-order valence-electron chi connectivity index (χ1n) is 10.5. The van der Waals surface area contributed by atoms with Crippen LogP contribution in [0.1, 0.15) is 38.2 Å². The molecule has 1 saturated heterocycles. The number of hydrogen-bond donors (Lipinski definition) is 2. The third-order valence-corrected chi connectivity index (χ3v) is 5.92. The van der Waals surface area contributed by atoms with E-state index in [1.807, 2.05) is 11.8 Å². The second kappa shape index (κ2) is 10.3. The molecule has 1 aliphatic carbocycles. The Labute approximate surface area is 175 Å². The van der Waals surface area contributed by atoms with Crippen LogP contribution in [0.3, 0.4) is 0 Å². The zero-order valence-electron chi connectivity index (χ0n) is 17.3. The van der Waals surface area contributed by atoms with Gasteiger partial charge in [0.25, 0.3) is 12.3 Å². The van der Waals surface area contributed by atoms with E-state index in [9.17, 15) is 18.4 Å². The van der Waals surface area contributed by atoms with Crippen LogP contribution in [0.5, 0.6) is 0 Å². The van der Waals surface area contributed by atoms with Crippen molar-refractivity contribution < 1.29 is 23.1 Å². The van der Waals surface area contributed by atoms with Crippen molar-refractivity contribution in [1.82, 2.24) is 4.90 Å². The number of benzene rings is 1. The summed E-state index contributed by atoms with van der Waals surface area (Å²) in [5, 5.41) is 2.64. The summed E-state index contributed by atoms with van der Waals surface area (Å²) in [5.74, 6) is -0.111. The number of hydrogen-bond acceptors (Lipinski definition) is 5. The molecule has 1 heterocycles. The Balaban J connectivity index is 1.76. The number of halogens is 2. The number of carbonyl (C=O) groups excluding carboxylic acids is 2. The lowest BCUT2D eigenvalue weighted by Crippen LogP contribution is -2.50. The van der Waals surface area contributed by atoms with E-state index in [4.69, 9.17) is 10.5 Å². The average molecular weight is 424 g/mol. The lowest BCUT2D eigenvalue weighted by Gasteiger charge is -2.35. The highest BCUT2D eigenvalue weighted by molar-refractivity contribution is 5.97. The van der Waals surface area contributed by atoms with Crippen LogP contribution in [0.2, 0.25) is 0 Å². The molecule has 0 unspecified atom stereocenters. The van der Waals surface area contributed by atoms with Crippen molar-refractivity contribution >= 4 is 23.2 Å². The SMILES string of the molecule is CCN(CC1CCC1)[C@H](CN)C(=O)Nc1ccc(N2CCOCC2=O)cc1C(F)F. The van der Waals surface area contributed by atoms with Crippen LogP contribution in [0.25, 0.3) is 0 Å². The maximum atomic E-state index is 13.7. The van der Waals surface area contributed by atoms with Gasteiger partial charge in [0.15, 0.2) is 0 Å². The molecule has 9 heteroatoms. The quantitative estimate of drug-likeness (QED) is 0.636. The van der Waals surface area contributed by atoms with Crippen LogP contribution in [0.4, 0.5) is 20.2 Å².